The van der Waals surface area contributed by atoms with Gasteiger partial charge in [0.25, 0.3) is 17.7 Å². The van der Waals surface area contributed by atoms with Gasteiger partial charge in [0.1, 0.15) is 5.25 Å². The predicted molar refractivity (Wildman–Crippen MR) is 150 cm³/mol. The number of benzene rings is 2. The van der Waals surface area contributed by atoms with Gasteiger partial charge in [-0.15, -0.1) is 0 Å². The molecule has 0 bridgehead atoms. The summed E-state index contributed by atoms with van der Waals surface area (Å²) in [6, 6.07) is 17.0. The zero-order valence-corrected chi connectivity index (χ0v) is 21.9. The number of piperidine rings is 1. The minimum atomic E-state index is -0.529. The number of rotatable bonds is 6. The first-order chi connectivity index (χ1) is 19.0. The molecule has 10 nitrogen and oxygen atoms in total. The maximum absolute atomic E-state index is 12.7. The molecule has 0 saturated carbocycles. The van der Waals surface area contributed by atoms with E-state index < -0.39 is 17.1 Å². The van der Waals surface area contributed by atoms with Crippen LogP contribution >= 0.6 is 11.8 Å². The van der Waals surface area contributed by atoms with Crippen molar-refractivity contribution in [3.8, 4) is 5.69 Å². The van der Waals surface area contributed by atoms with Gasteiger partial charge in [-0.1, -0.05) is 23.9 Å². The number of hydrogen-bond donors (Lipinski definition) is 3. The Kier molecular flexibility index (Phi) is 8.07. The number of nitrogens with zero attached hydrogens (tertiary/aromatic N) is 3. The molecule has 1 saturated heterocycles. The number of amides is 4. The lowest BCUT2D eigenvalue weighted by molar-refractivity contribution is -0.121. The Morgan fingerprint density at radius 1 is 0.872 bits per heavy atom. The molecule has 4 amide bonds. The second kappa shape index (κ2) is 12.0. The van der Waals surface area contributed by atoms with Crippen molar-refractivity contribution < 1.29 is 19.2 Å². The van der Waals surface area contributed by atoms with Crippen LogP contribution in [0.4, 0.5) is 5.69 Å². The Bertz CT molecular complexity index is 1400. The summed E-state index contributed by atoms with van der Waals surface area (Å²) in [5.74, 6) is -1.54. The monoisotopic (exact) mass is 544 g/mol. The number of hydrazine groups is 1. The van der Waals surface area contributed by atoms with Gasteiger partial charge in [-0.3, -0.25) is 30.0 Å². The number of hydrogen-bond acceptors (Lipinski definition) is 6. The molecular formula is C28H28N6O4S. The molecule has 200 valence electrons. The van der Waals surface area contributed by atoms with Gasteiger partial charge in [0.15, 0.2) is 5.17 Å². The minimum absolute atomic E-state index is 0.0170. The van der Waals surface area contributed by atoms with Crippen molar-refractivity contribution in [2.24, 2.45) is 4.99 Å². The van der Waals surface area contributed by atoms with Crippen LogP contribution in [0, 0.1) is 0 Å². The van der Waals surface area contributed by atoms with Crippen molar-refractivity contribution in [1.29, 1.82) is 0 Å². The SMILES string of the molecule is O=C(C[C@@H]1SC(N2CCCCC2)=NC1=O)Nc1ccc(C(=O)NNC(=O)c2ccccc2-n2cccc2)cc1. The van der Waals surface area contributed by atoms with Crippen LogP contribution < -0.4 is 16.2 Å². The van der Waals surface area contributed by atoms with E-state index in [1.807, 2.05) is 41.2 Å². The Hall–Kier alpha value is -4.38. The normalized spacial score (nSPS) is 16.9. The fraction of sp³-hybridized carbons (Fsp3) is 0.250. The first-order valence-electron chi connectivity index (χ1n) is 12.7. The quantitative estimate of drug-likeness (QED) is 0.409. The van der Waals surface area contributed by atoms with Crippen molar-refractivity contribution in [3.05, 3.63) is 84.2 Å². The van der Waals surface area contributed by atoms with Gasteiger partial charge in [0.05, 0.1) is 11.3 Å². The number of aliphatic imine (C=N–C) groups is 1. The maximum atomic E-state index is 12.7. The molecule has 1 atom stereocenters. The third kappa shape index (κ3) is 6.37. The van der Waals surface area contributed by atoms with E-state index in [0.717, 1.165) is 25.9 Å². The summed E-state index contributed by atoms with van der Waals surface area (Å²) in [5, 5.41) is 2.95. The molecule has 1 aromatic heterocycles. The third-order valence-corrected chi connectivity index (χ3v) is 7.69. The fourth-order valence-electron chi connectivity index (χ4n) is 4.45. The van der Waals surface area contributed by atoms with Crippen molar-refractivity contribution >= 4 is 46.2 Å². The smallest absolute Gasteiger partial charge is 0.271 e. The fourth-order valence-corrected chi connectivity index (χ4v) is 5.57. The van der Waals surface area contributed by atoms with E-state index in [4.69, 9.17) is 0 Å². The Morgan fingerprint density at radius 2 is 1.56 bits per heavy atom. The van der Waals surface area contributed by atoms with Crippen LogP contribution in [0.1, 0.15) is 46.4 Å². The van der Waals surface area contributed by atoms with Gasteiger partial charge in [0, 0.05) is 43.2 Å². The highest BCUT2D eigenvalue weighted by Gasteiger charge is 2.33. The van der Waals surface area contributed by atoms with Crippen LogP contribution in [-0.2, 0) is 9.59 Å². The molecule has 3 aromatic rings. The number of carbonyl (C=O) groups excluding carboxylic acids is 4. The van der Waals surface area contributed by atoms with Crippen LogP contribution in [0.25, 0.3) is 5.69 Å². The lowest BCUT2D eigenvalue weighted by Crippen LogP contribution is -2.41. The van der Waals surface area contributed by atoms with E-state index in [0.29, 0.717) is 27.7 Å². The lowest BCUT2D eigenvalue weighted by Gasteiger charge is -2.27. The first-order valence-corrected chi connectivity index (χ1v) is 13.6. The lowest BCUT2D eigenvalue weighted by atomic mass is 10.1. The van der Waals surface area contributed by atoms with E-state index in [2.05, 4.69) is 26.1 Å². The van der Waals surface area contributed by atoms with Crippen LogP contribution in [0.2, 0.25) is 0 Å². The standard InChI is InChI=1S/C28H28N6O4S/c35-24(18-23-27(38)30-28(39-23)34-16-4-1-5-17-34)29-20-12-10-19(11-13-20)25(36)31-32-26(37)21-8-2-3-9-22(21)33-14-6-7-15-33/h2-3,6-15,23H,1,4-5,16-18H2,(H,29,35)(H,31,36)(H,32,37)/t23-/m0/s1. The van der Waals surface area contributed by atoms with E-state index in [9.17, 15) is 19.2 Å². The number of para-hydroxylation sites is 1. The molecule has 3 N–H and O–H groups in total. The van der Waals surface area contributed by atoms with Crippen molar-refractivity contribution in [3.63, 3.8) is 0 Å². The highest BCUT2D eigenvalue weighted by atomic mass is 32.2. The second-order valence-electron chi connectivity index (χ2n) is 9.23. The summed E-state index contributed by atoms with van der Waals surface area (Å²) < 4.78 is 1.81. The van der Waals surface area contributed by atoms with Gasteiger partial charge < -0.3 is 14.8 Å². The number of amidine groups is 1. The summed E-state index contributed by atoms with van der Waals surface area (Å²) >= 11 is 1.35. The van der Waals surface area contributed by atoms with Crippen LogP contribution in [-0.4, -0.2) is 56.6 Å². The van der Waals surface area contributed by atoms with Crippen LogP contribution in [0.3, 0.4) is 0 Å². The molecule has 2 aliphatic rings. The van der Waals surface area contributed by atoms with Gasteiger partial charge >= 0.3 is 0 Å². The summed E-state index contributed by atoms with van der Waals surface area (Å²) in [6.07, 6.45) is 7.03. The Labute approximate surface area is 229 Å². The highest BCUT2D eigenvalue weighted by molar-refractivity contribution is 8.15. The number of likely N-dealkylation sites (tertiary alicyclic amines) is 1. The average molecular weight is 545 g/mol. The molecule has 3 heterocycles. The van der Waals surface area contributed by atoms with Gasteiger partial charge in [0.2, 0.25) is 5.91 Å². The number of aromatic nitrogens is 1. The molecule has 11 heteroatoms. The van der Waals surface area contributed by atoms with Crippen LogP contribution in [0.5, 0.6) is 0 Å². The number of thioether (sulfide) groups is 1. The van der Waals surface area contributed by atoms with Gasteiger partial charge in [-0.05, 0) is 67.8 Å². The topological polar surface area (TPSA) is 125 Å². The molecule has 1 fully saturated rings. The van der Waals surface area contributed by atoms with E-state index in [-0.39, 0.29) is 18.2 Å². The Morgan fingerprint density at radius 3 is 2.31 bits per heavy atom. The van der Waals surface area contributed by atoms with Crippen molar-refractivity contribution in [2.45, 2.75) is 30.9 Å². The second-order valence-corrected chi connectivity index (χ2v) is 10.4. The molecule has 0 radical (unpaired) electrons. The summed E-state index contributed by atoms with van der Waals surface area (Å²) in [4.78, 5) is 56.5. The zero-order valence-electron chi connectivity index (χ0n) is 21.1. The van der Waals surface area contributed by atoms with Crippen LogP contribution in [0.15, 0.2) is 78.0 Å². The molecule has 0 aliphatic carbocycles. The number of nitrogens with one attached hydrogen (secondary N) is 3. The number of anilines is 1. The average Bonchev–Trinajstić information content (AvgIpc) is 3.63. The highest BCUT2D eigenvalue weighted by Crippen LogP contribution is 2.29. The molecular weight excluding hydrogens is 516 g/mol. The van der Waals surface area contributed by atoms with Crippen molar-refractivity contribution in [1.82, 2.24) is 20.3 Å². The summed E-state index contributed by atoms with van der Waals surface area (Å²) in [5.41, 5.74) is 6.75. The molecule has 0 unspecified atom stereocenters. The summed E-state index contributed by atoms with van der Waals surface area (Å²) in [6.45, 7) is 1.78. The van der Waals surface area contributed by atoms with Gasteiger partial charge in [-0.25, -0.2) is 0 Å². The van der Waals surface area contributed by atoms with Gasteiger partial charge in [-0.2, -0.15) is 4.99 Å². The predicted octanol–water partition coefficient (Wildman–Crippen LogP) is 3.36. The van der Waals surface area contributed by atoms with E-state index in [1.54, 1.807) is 24.3 Å². The van der Waals surface area contributed by atoms with Crippen molar-refractivity contribution in [2.75, 3.05) is 18.4 Å². The van der Waals surface area contributed by atoms with E-state index >= 15 is 0 Å². The third-order valence-electron chi connectivity index (χ3n) is 6.48. The Balaban J connectivity index is 1.11. The summed E-state index contributed by atoms with van der Waals surface area (Å²) in [7, 11) is 0. The maximum Gasteiger partial charge on any atom is 0.271 e. The molecule has 0 spiro atoms. The largest absolute Gasteiger partial charge is 0.351 e. The molecule has 2 aliphatic heterocycles. The van der Waals surface area contributed by atoms with E-state index in [1.165, 1.54) is 30.3 Å². The minimum Gasteiger partial charge on any atom is -0.351 e. The first kappa shape index (κ1) is 26.2. The molecule has 2 aromatic carbocycles. The number of carbonyl (C=O) groups is 4. The zero-order chi connectivity index (χ0) is 27.2. The molecule has 5 rings (SSSR count). The molecule has 39 heavy (non-hydrogen) atoms.